The van der Waals surface area contributed by atoms with E-state index in [1.165, 1.54) is 12.1 Å². The standard InChI is InChI=1S/C12H16FNO3S/c1-14(6-9-3-2-4-10(13)5-9)11-7-18(16,17)8-12(11)15/h2-5,11-12,15H,6-8H2,1H3/t11-,12-/m0/s1. The van der Waals surface area contributed by atoms with E-state index in [0.717, 1.165) is 5.56 Å². The first-order chi connectivity index (χ1) is 8.37. The second-order valence-corrected chi connectivity index (χ2v) is 6.91. The van der Waals surface area contributed by atoms with Gasteiger partial charge in [-0.1, -0.05) is 12.1 Å². The average Bonchev–Trinajstić information content (AvgIpc) is 2.52. The van der Waals surface area contributed by atoms with Gasteiger partial charge in [-0.05, 0) is 24.7 Å². The Morgan fingerprint density at radius 2 is 2.17 bits per heavy atom. The van der Waals surface area contributed by atoms with Gasteiger partial charge < -0.3 is 5.11 Å². The van der Waals surface area contributed by atoms with Crippen LogP contribution in [-0.2, 0) is 16.4 Å². The topological polar surface area (TPSA) is 57.6 Å². The summed E-state index contributed by atoms with van der Waals surface area (Å²) in [5.41, 5.74) is 0.758. The first-order valence-electron chi connectivity index (χ1n) is 5.70. The third-order valence-electron chi connectivity index (χ3n) is 3.18. The van der Waals surface area contributed by atoms with E-state index in [4.69, 9.17) is 0 Å². The van der Waals surface area contributed by atoms with Gasteiger partial charge in [0.25, 0.3) is 0 Å². The van der Waals surface area contributed by atoms with Gasteiger partial charge in [-0.25, -0.2) is 12.8 Å². The zero-order valence-corrected chi connectivity index (χ0v) is 10.9. The lowest BCUT2D eigenvalue weighted by atomic mass is 10.1. The lowest BCUT2D eigenvalue weighted by molar-refractivity contribution is 0.0957. The van der Waals surface area contributed by atoms with Crippen LogP contribution < -0.4 is 0 Å². The van der Waals surface area contributed by atoms with E-state index < -0.39 is 22.0 Å². The second-order valence-electron chi connectivity index (χ2n) is 4.76. The molecule has 6 heteroatoms. The second kappa shape index (κ2) is 4.95. The van der Waals surface area contributed by atoms with Crippen LogP contribution in [0.5, 0.6) is 0 Å². The molecule has 1 aromatic carbocycles. The van der Waals surface area contributed by atoms with Gasteiger partial charge in [0.1, 0.15) is 5.82 Å². The number of benzene rings is 1. The molecule has 0 amide bonds. The summed E-state index contributed by atoms with van der Waals surface area (Å²) in [6.07, 6.45) is -0.867. The van der Waals surface area contributed by atoms with Crippen molar-refractivity contribution in [2.24, 2.45) is 0 Å². The van der Waals surface area contributed by atoms with E-state index in [0.29, 0.717) is 6.54 Å². The van der Waals surface area contributed by atoms with Crippen LogP contribution in [0.15, 0.2) is 24.3 Å². The summed E-state index contributed by atoms with van der Waals surface area (Å²) in [4.78, 5) is 1.75. The molecule has 0 bridgehead atoms. The molecule has 0 aromatic heterocycles. The summed E-state index contributed by atoms with van der Waals surface area (Å²) in [7, 11) is -1.42. The Bertz CT molecular complexity index is 532. The number of halogens is 1. The third kappa shape index (κ3) is 3.07. The Balaban J connectivity index is 2.07. The monoisotopic (exact) mass is 273 g/mol. The van der Waals surface area contributed by atoms with Crippen LogP contribution >= 0.6 is 0 Å². The summed E-state index contributed by atoms with van der Waals surface area (Å²) >= 11 is 0. The maximum Gasteiger partial charge on any atom is 0.154 e. The highest BCUT2D eigenvalue weighted by atomic mass is 32.2. The molecule has 100 valence electrons. The molecule has 2 atom stereocenters. The first kappa shape index (κ1) is 13.5. The minimum atomic E-state index is -3.16. The molecule has 1 aliphatic heterocycles. The molecular weight excluding hydrogens is 257 g/mol. The molecule has 1 fully saturated rings. The molecule has 18 heavy (non-hydrogen) atoms. The van der Waals surface area contributed by atoms with Gasteiger partial charge >= 0.3 is 0 Å². The van der Waals surface area contributed by atoms with Crippen LogP contribution in [0, 0.1) is 5.82 Å². The van der Waals surface area contributed by atoms with E-state index in [9.17, 15) is 17.9 Å². The van der Waals surface area contributed by atoms with Crippen molar-refractivity contribution in [2.75, 3.05) is 18.6 Å². The molecule has 0 spiro atoms. The van der Waals surface area contributed by atoms with Gasteiger partial charge in [-0.3, -0.25) is 4.90 Å². The number of sulfone groups is 1. The van der Waals surface area contributed by atoms with Gasteiger partial charge in [0, 0.05) is 6.54 Å². The average molecular weight is 273 g/mol. The Morgan fingerprint density at radius 1 is 1.44 bits per heavy atom. The maximum atomic E-state index is 13.0. The van der Waals surface area contributed by atoms with Crippen LogP contribution in [0.25, 0.3) is 0 Å². The molecule has 0 saturated carbocycles. The highest BCUT2D eigenvalue weighted by molar-refractivity contribution is 7.91. The number of aliphatic hydroxyl groups is 1. The number of nitrogens with zero attached hydrogens (tertiary/aromatic N) is 1. The molecule has 1 saturated heterocycles. The molecule has 2 rings (SSSR count). The molecule has 4 nitrogen and oxygen atoms in total. The lowest BCUT2D eigenvalue weighted by Gasteiger charge is -2.25. The number of likely N-dealkylation sites (N-methyl/N-ethyl adjacent to an activating group) is 1. The van der Waals surface area contributed by atoms with Crippen molar-refractivity contribution in [3.8, 4) is 0 Å². The van der Waals surface area contributed by atoms with E-state index in [-0.39, 0.29) is 17.3 Å². The highest BCUT2D eigenvalue weighted by Crippen LogP contribution is 2.19. The minimum Gasteiger partial charge on any atom is -0.390 e. The van der Waals surface area contributed by atoms with Crippen molar-refractivity contribution in [1.29, 1.82) is 0 Å². The van der Waals surface area contributed by atoms with Gasteiger partial charge in [-0.2, -0.15) is 0 Å². The van der Waals surface area contributed by atoms with Gasteiger partial charge in [0.05, 0.1) is 23.7 Å². The van der Waals surface area contributed by atoms with E-state index in [1.54, 1.807) is 24.1 Å². The van der Waals surface area contributed by atoms with Crippen molar-refractivity contribution in [3.05, 3.63) is 35.6 Å². The van der Waals surface area contributed by atoms with Crippen molar-refractivity contribution in [1.82, 2.24) is 4.90 Å². The molecule has 0 radical (unpaired) electrons. The van der Waals surface area contributed by atoms with Crippen LogP contribution in [0.4, 0.5) is 4.39 Å². The SMILES string of the molecule is CN(Cc1cccc(F)c1)[C@H]1CS(=O)(=O)C[C@@H]1O. The number of rotatable bonds is 3. The zero-order valence-electron chi connectivity index (χ0n) is 10.1. The normalized spacial score (nSPS) is 26.7. The number of aliphatic hydroxyl groups excluding tert-OH is 1. The minimum absolute atomic E-state index is 0.0417. The third-order valence-corrected chi connectivity index (χ3v) is 4.88. The van der Waals surface area contributed by atoms with Crippen LogP contribution in [-0.4, -0.2) is 49.1 Å². The lowest BCUT2D eigenvalue weighted by Crippen LogP contribution is -2.40. The summed E-state index contributed by atoms with van der Waals surface area (Å²) in [6.45, 7) is 0.412. The first-order valence-corrected chi connectivity index (χ1v) is 7.53. The number of hydrogen-bond donors (Lipinski definition) is 1. The molecule has 1 N–H and O–H groups in total. The van der Waals surface area contributed by atoms with Crippen molar-refractivity contribution in [3.63, 3.8) is 0 Å². The van der Waals surface area contributed by atoms with Gasteiger partial charge in [-0.15, -0.1) is 0 Å². The van der Waals surface area contributed by atoms with E-state index in [1.807, 2.05) is 0 Å². The number of hydrogen-bond acceptors (Lipinski definition) is 4. The summed E-state index contributed by atoms with van der Waals surface area (Å²) < 4.78 is 35.9. The largest absolute Gasteiger partial charge is 0.390 e. The maximum absolute atomic E-state index is 13.0. The Hall–Kier alpha value is -0.980. The van der Waals surface area contributed by atoms with Gasteiger partial charge in [0.15, 0.2) is 9.84 Å². The summed E-state index contributed by atoms with van der Waals surface area (Å²) in [5.74, 6) is -0.550. The quantitative estimate of drug-likeness (QED) is 0.867. The van der Waals surface area contributed by atoms with Crippen LogP contribution in [0.2, 0.25) is 0 Å². The predicted molar refractivity (Wildman–Crippen MR) is 66.3 cm³/mol. The zero-order chi connectivity index (χ0) is 13.3. The van der Waals surface area contributed by atoms with Crippen LogP contribution in [0.3, 0.4) is 0 Å². The van der Waals surface area contributed by atoms with E-state index in [2.05, 4.69) is 0 Å². The fourth-order valence-electron chi connectivity index (χ4n) is 2.27. The van der Waals surface area contributed by atoms with Crippen molar-refractivity contribution < 1.29 is 17.9 Å². The molecule has 1 heterocycles. The molecule has 0 aliphatic carbocycles. The smallest absolute Gasteiger partial charge is 0.154 e. The molecule has 1 aromatic rings. The molecule has 1 aliphatic rings. The Labute approximate surface area is 106 Å². The summed E-state index contributed by atoms with van der Waals surface area (Å²) in [6, 6.07) is 5.73. The Morgan fingerprint density at radius 3 is 2.72 bits per heavy atom. The van der Waals surface area contributed by atoms with E-state index >= 15 is 0 Å². The Kier molecular flexibility index (Phi) is 3.70. The molecular formula is C12H16FNO3S. The van der Waals surface area contributed by atoms with Crippen LogP contribution in [0.1, 0.15) is 5.56 Å². The van der Waals surface area contributed by atoms with Crippen molar-refractivity contribution >= 4 is 9.84 Å². The fourth-order valence-corrected chi connectivity index (χ4v) is 4.15. The highest BCUT2D eigenvalue weighted by Gasteiger charge is 2.38. The predicted octanol–water partition coefficient (Wildman–Crippen LogP) is 0.415. The van der Waals surface area contributed by atoms with Gasteiger partial charge in [0.2, 0.25) is 0 Å². The molecule has 0 unspecified atom stereocenters. The summed E-state index contributed by atoms with van der Waals surface area (Å²) in [5, 5.41) is 9.73. The fraction of sp³-hybridized carbons (Fsp3) is 0.500. The van der Waals surface area contributed by atoms with Crippen molar-refractivity contribution in [2.45, 2.75) is 18.7 Å².